The minimum absolute atomic E-state index is 0.0798. The Labute approximate surface area is 176 Å². The molecule has 0 radical (unpaired) electrons. The molecule has 0 aliphatic rings. The number of carbonyl (C=O) groups excluding carboxylic acids is 1. The Balaban J connectivity index is 1.85. The number of carbonyl (C=O) groups is 1. The minimum atomic E-state index is -0.503. The zero-order valence-electron chi connectivity index (χ0n) is 15.9. The Morgan fingerprint density at radius 3 is 2.40 bits per heavy atom. The Hall–Kier alpha value is -3.64. The van der Waals surface area contributed by atoms with E-state index in [1.807, 2.05) is 0 Å². The van der Waals surface area contributed by atoms with Crippen LogP contribution < -0.4 is 15.6 Å². The zero-order chi connectivity index (χ0) is 21.3. The molecule has 0 aliphatic carbocycles. The summed E-state index contributed by atoms with van der Waals surface area (Å²) in [4.78, 5) is 26.1. The molecular formula is C23H16ClFN2O3. The molecule has 0 unspecified atom stereocenters. The van der Waals surface area contributed by atoms with Crippen LogP contribution in [0.2, 0.25) is 5.02 Å². The van der Waals surface area contributed by atoms with E-state index in [1.165, 1.54) is 22.9 Å². The number of amides is 1. The van der Waals surface area contributed by atoms with E-state index < -0.39 is 11.7 Å². The Kier molecular flexibility index (Phi) is 5.25. The fourth-order valence-corrected chi connectivity index (χ4v) is 3.40. The summed E-state index contributed by atoms with van der Waals surface area (Å²) in [6, 6.07) is 17.5. The van der Waals surface area contributed by atoms with Gasteiger partial charge in [-0.2, -0.15) is 0 Å². The van der Waals surface area contributed by atoms with E-state index in [4.69, 9.17) is 16.3 Å². The third kappa shape index (κ3) is 3.65. The Morgan fingerprint density at radius 2 is 1.73 bits per heavy atom. The second kappa shape index (κ2) is 8.00. The van der Waals surface area contributed by atoms with Crippen LogP contribution in [-0.2, 0) is 0 Å². The molecule has 150 valence electrons. The maximum absolute atomic E-state index is 13.3. The number of nitrogens with zero attached hydrogens (tertiary/aromatic N) is 1. The van der Waals surface area contributed by atoms with E-state index in [-0.39, 0.29) is 21.8 Å². The molecule has 1 N–H and O–H groups in total. The summed E-state index contributed by atoms with van der Waals surface area (Å²) in [6.45, 7) is 0. The molecule has 3 aromatic carbocycles. The third-order valence-electron chi connectivity index (χ3n) is 4.70. The number of fused-ring (bicyclic) bond motifs is 1. The number of halogens is 2. The summed E-state index contributed by atoms with van der Waals surface area (Å²) >= 11 is 6.04. The van der Waals surface area contributed by atoms with Gasteiger partial charge in [0.15, 0.2) is 0 Å². The highest BCUT2D eigenvalue weighted by Gasteiger charge is 2.17. The van der Waals surface area contributed by atoms with Crippen molar-refractivity contribution in [3.63, 3.8) is 0 Å². The van der Waals surface area contributed by atoms with Gasteiger partial charge >= 0.3 is 0 Å². The molecule has 0 spiro atoms. The van der Waals surface area contributed by atoms with Crippen molar-refractivity contribution in [3.05, 3.63) is 99.7 Å². The number of hydrogen-bond donors (Lipinski definition) is 1. The second-order valence-electron chi connectivity index (χ2n) is 6.54. The molecule has 4 rings (SSSR count). The van der Waals surface area contributed by atoms with Crippen LogP contribution in [0.1, 0.15) is 10.4 Å². The van der Waals surface area contributed by atoms with Gasteiger partial charge in [0.2, 0.25) is 0 Å². The van der Waals surface area contributed by atoms with Crippen molar-refractivity contribution < 1.29 is 13.9 Å². The number of ether oxygens (including phenoxy) is 1. The largest absolute Gasteiger partial charge is 0.497 e. The number of nitrogens with one attached hydrogen (secondary N) is 1. The van der Waals surface area contributed by atoms with Crippen molar-refractivity contribution >= 4 is 34.0 Å². The van der Waals surface area contributed by atoms with Gasteiger partial charge in [0.1, 0.15) is 11.6 Å². The molecule has 1 amide bonds. The predicted molar refractivity (Wildman–Crippen MR) is 115 cm³/mol. The molecule has 5 nitrogen and oxygen atoms in total. The quantitative estimate of drug-likeness (QED) is 0.501. The first-order valence-corrected chi connectivity index (χ1v) is 9.41. The van der Waals surface area contributed by atoms with Gasteiger partial charge in [0.05, 0.1) is 23.4 Å². The average molecular weight is 423 g/mol. The lowest BCUT2D eigenvalue weighted by Crippen LogP contribution is -2.22. The lowest BCUT2D eigenvalue weighted by Gasteiger charge is -2.13. The van der Waals surface area contributed by atoms with Crippen molar-refractivity contribution in [1.29, 1.82) is 0 Å². The highest BCUT2D eigenvalue weighted by Crippen LogP contribution is 2.25. The fourth-order valence-electron chi connectivity index (χ4n) is 3.19. The Morgan fingerprint density at radius 1 is 1.03 bits per heavy atom. The Bertz CT molecular complexity index is 1320. The highest BCUT2D eigenvalue weighted by molar-refractivity contribution is 6.34. The zero-order valence-corrected chi connectivity index (χ0v) is 16.6. The molecule has 1 aromatic heterocycles. The highest BCUT2D eigenvalue weighted by atomic mass is 35.5. The number of methoxy groups -OCH3 is 1. The lowest BCUT2D eigenvalue weighted by atomic mass is 10.1. The maximum atomic E-state index is 13.3. The first kappa shape index (κ1) is 19.7. The number of anilines is 1. The fraction of sp³-hybridized carbons (Fsp3) is 0.0435. The first-order valence-electron chi connectivity index (χ1n) is 9.03. The van der Waals surface area contributed by atoms with Crippen LogP contribution in [-0.4, -0.2) is 17.6 Å². The van der Waals surface area contributed by atoms with Crippen molar-refractivity contribution in [2.24, 2.45) is 0 Å². The minimum Gasteiger partial charge on any atom is -0.497 e. The number of hydrogen-bond acceptors (Lipinski definition) is 3. The average Bonchev–Trinajstić information content (AvgIpc) is 2.76. The van der Waals surface area contributed by atoms with Crippen LogP contribution in [0.25, 0.3) is 16.5 Å². The molecule has 0 saturated carbocycles. The van der Waals surface area contributed by atoms with Crippen molar-refractivity contribution in [2.75, 3.05) is 12.4 Å². The smallest absolute Gasteiger partial charge is 0.262 e. The van der Waals surface area contributed by atoms with Gasteiger partial charge in [-0.25, -0.2) is 4.39 Å². The SMILES string of the molecule is COc1ccc(-n2cc(C(=O)Nc3ccc(F)cc3Cl)c3ccccc3c2=O)cc1. The van der Waals surface area contributed by atoms with E-state index in [2.05, 4.69) is 5.32 Å². The summed E-state index contributed by atoms with van der Waals surface area (Å²) in [7, 11) is 1.56. The molecule has 0 fully saturated rings. The summed E-state index contributed by atoms with van der Waals surface area (Å²) in [5.74, 6) is -0.324. The number of pyridine rings is 1. The molecular weight excluding hydrogens is 407 g/mol. The van der Waals surface area contributed by atoms with Gasteiger partial charge in [-0.05, 0) is 48.5 Å². The van der Waals surface area contributed by atoms with Gasteiger partial charge in [-0.15, -0.1) is 0 Å². The number of rotatable bonds is 4. The van der Waals surface area contributed by atoms with E-state index in [1.54, 1.807) is 55.6 Å². The van der Waals surface area contributed by atoms with Gasteiger partial charge in [0, 0.05) is 22.7 Å². The van der Waals surface area contributed by atoms with Gasteiger partial charge in [-0.1, -0.05) is 29.8 Å². The molecule has 30 heavy (non-hydrogen) atoms. The van der Waals surface area contributed by atoms with Crippen LogP contribution in [0.5, 0.6) is 5.75 Å². The predicted octanol–water partition coefficient (Wildman–Crippen LogP) is 5.04. The standard InChI is InChI=1S/C23H16ClFN2O3/c1-30-16-9-7-15(8-10-16)27-13-19(17-4-2-3-5-18(17)23(27)29)22(28)26-21-11-6-14(25)12-20(21)24/h2-13H,1H3,(H,26,28). The first-order chi connectivity index (χ1) is 14.5. The topological polar surface area (TPSA) is 60.3 Å². The molecule has 0 atom stereocenters. The van der Waals surface area contributed by atoms with Crippen LogP contribution in [0.15, 0.2) is 77.7 Å². The van der Waals surface area contributed by atoms with Gasteiger partial charge in [-0.3, -0.25) is 14.2 Å². The van der Waals surface area contributed by atoms with Crippen LogP contribution in [0, 0.1) is 5.82 Å². The lowest BCUT2D eigenvalue weighted by molar-refractivity contribution is 0.102. The van der Waals surface area contributed by atoms with Crippen molar-refractivity contribution in [3.8, 4) is 11.4 Å². The summed E-state index contributed by atoms with van der Waals surface area (Å²) in [5.41, 5.74) is 0.878. The van der Waals surface area contributed by atoms with E-state index in [0.29, 0.717) is 22.2 Å². The van der Waals surface area contributed by atoms with E-state index in [0.717, 1.165) is 6.07 Å². The van der Waals surface area contributed by atoms with Crippen LogP contribution in [0.4, 0.5) is 10.1 Å². The van der Waals surface area contributed by atoms with Crippen molar-refractivity contribution in [2.45, 2.75) is 0 Å². The summed E-state index contributed by atoms with van der Waals surface area (Å²) < 4.78 is 19.9. The van der Waals surface area contributed by atoms with E-state index in [9.17, 15) is 14.0 Å². The molecule has 1 heterocycles. The van der Waals surface area contributed by atoms with Crippen LogP contribution >= 0.6 is 11.6 Å². The number of aromatic nitrogens is 1. The van der Waals surface area contributed by atoms with Crippen molar-refractivity contribution in [1.82, 2.24) is 4.57 Å². The second-order valence-corrected chi connectivity index (χ2v) is 6.95. The molecule has 7 heteroatoms. The normalized spacial score (nSPS) is 10.8. The number of benzene rings is 3. The molecule has 0 bridgehead atoms. The van der Waals surface area contributed by atoms with E-state index >= 15 is 0 Å². The van der Waals surface area contributed by atoms with Crippen LogP contribution in [0.3, 0.4) is 0 Å². The third-order valence-corrected chi connectivity index (χ3v) is 5.01. The molecule has 4 aromatic rings. The monoisotopic (exact) mass is 422 g/mol. The van der Waals surface area contributed by atoms with Gasteiger partial charge < -0.3 is 10.1 Å². The maximum Gasteiger partial charge on any atom is 0.262 e. The molecule has 0 saturated heterocycles. The summed E-state index contributed by atoms with van der Waals surface area (Å²) in [6.07, 6.45) is 1.49. The van der Waals surface area contributed by atoms with Gasteiger partial charge in [0.25, 0.3) is 11.5 Å². The molecule has 0 aliphatic heterocycles. The summed E-state index contributed by atoms with van der Waals surface area (Å²) in [5, 5.41) is 3.67.